The van der Waals surface area contributed by atoms with Gasteiger partial charge in [-0.2, -0.15) is 0 Å². The Morgan fingerprint density at radius 3 is 2.35 bits per heavy atom. The zero-order chi connectivity index (χ0) is 15.1. The first-order valence-corrected chi connectivity index (χ1v) is 7.12. The largest absolute Gasteiger partial charge is 0.352 e. The minimum Gasteiger partial charge on any atom is -0.352 e. The number of amides is 1. The van der Waals surface area contributed by atoms with Crippen molar-refractivity contribution in [1.82, 2.24) is 5.32 Å². The smallest absolute Gasteiger partial charge is 0.244 e. The van der Waals surface area contributed by atoms with Crippen molar-refractivity contribution in [3.8, 4) is 0 Å². The maximum atomic E-state index is 13.4. The average molecular weight is 277 g/mol. The molecule has 1 rings (SSSR count). The van der Waals surface area contributed by atoms with Gasteiger partial charge in [-0.3, -0.25) is 4.79 Å². The van der Waals surface area contributed by atoms with Crippen molar-refractivity contribution in [1.29, 1.82) is 0 Å². The number of carbonyl (C=O) groups excluding carboxylic acids is 1. The van der Waals surface area contributed by atoms with Crippen LogP contribution < -0.4 is 5.32 Å². The van der Waals surface area contributed by atoms with E-state index in [0.717, 1.165) is 0 Å². The average Bonchev–Trinajstić information content (AvgIpc) is 2.37. The minimum atomic E-state index is -0.321. The summed E-state index contributed by atoms with van der Waals surface area (Å²) >= 11 is 0. The van der Waals surface area contributed by atoms with Crippen molar-refractivity contribution in [2.45, 2.75) is 27.7 Å². The molecule has 2 nitrogen and oxygen atoms in total. The van der Waals surface area contributed by atoms with E-state index >= 15 is 0 Å². The lowest BCUT2D eigenvalue weighted by molar-refractivity contribution is -0.116. The van der Waals surface area contributed by atoms with E-state index in [1.165, 1.54) is 18.2 Å². The molecule has 0 spiro atoms. The molecule has 1 N–H and O–H groups in total. The number of nitrogens with one attached hydrogen (secondary N) is 1. The summed E-state index contributed by atoms with van der Waals surface area (Å²) in [5, 5.41) is 2.89. The lowest BCUT2D eigenvalue weighted by atomic mass is 9.85. The second-order valence-corrected chi connectivity index (χ2v) is 5.75. The summed E-state index contributed by atoms with van der Waals surface area (Å²) in [7, 11) is 0. The normalized spacial score (nSPS) is 11.8. The van der Waals surface area contributed by atoms with Gasteiger partial charge in [0.25, 0.3) is 0 Å². The Morgan fingerprint density at radius 2 is 1.80 bits per heavy atom. The van der Waals surface area contributed by atoms with Crippen LogP contribution in [0.3, 0.4) is 0 Å². The standard InChI is InChI=1S/C17H24FNO/c1-12(2)15(13(3)4)11-19-17(20)10-9-14-7-5-6-8-16(14)18/h5-10,12-13,15H,11H2,1-4H3,(H,19,20)/b10-9+. The number of rotatable bonds is 6. The first-order valence-electron chi connectivity index (χ1n) is 7.12. The van der Waals surface area contributed by atoms with Gasteiger partial charge in [0.2, 0.25) is 5.91 Å². The second-order valence-electron chi connectivity index (χ2n) is 5.75. The van der Waals surface area contributed by atoms with Crippen LogP contribution in [-0.4, -0.2) is 12.5 Å². The fourth-order valence-corrected chi connectivity index (χ4v) is 2.29. The molecular weight excluding hydrogens is 253 g/mol. The lowest BCUT2D eigenvalue weighted by Gasteiger charge is -2.24. The third-order valence-electron chi connectivity index (χ3n) is 3.54. The van der Waals surface area contributed by atoms with E-state index in [1.807, 2.05) is 0 Å². The summed E-state index contributed by atoms with van der Waals surface area (Å²) in [4.78, 5) is 11.8. The highest BCUT2D eigenvalue weighted by Crippen LogP contribution is 2.19. The van der Waals surface area contributed by atoms with Crippen molar-refractivity contribution in [2.75, 3.05) is 6.54 Å². The van der Waals surface area contributed by atoms with Crippen LogP contribution >= 0.6 is 0 Å². The third-order valence-corrected chi connectivity index (χ3v) is 3.54. The third kappa shape index (κ3) is 5.16. The van der Waals surface area contributed by atoms with Crippen molar-refractivity contribution in [2.24, 2.45) is 17.8 Å². The first-order chi connectivity index (χ1) is 9.41. The molecule has 0 bridgehead atoms. The molecule has 110 valence electrons. The minimum absolute atomic E-state index is 0.181. The van der Waals surface area contributed by atoms with Crippen LogP contribution in [0.2, 0.25) is 0 Å². The van der Waals surface area contributed by atoms with E-state index in [9.17, 15) is 9.18 Å². The number of hydrogen-bond acceptors (Lipinski definition) is 1. The van der Waals surface area contributed by atoms with Crippen LogP contribution in [0.5, 0.6) is 0 Å². The molecule has 0 radical (unpaired) electrons. The zero-order valence-corrected chi connectivity index (χ0v) is 12.7. The van der Waals surface area contributed by atoms with Gasteiger partial charge in [0, 0.05) is 18.2 Å². The molecule has 0 fully saturated rings. The quantitative estimate of drug-likeness (QED) is 0.785. The summed E-state index contributed by atoms with van der Waals surface area (Å²) in [6, 6.07) is 6.39. The fraction of sp³-hybridized carbons (Fsp3) is 0.471. The van der Waals surface area contributed by atoms with E-state index < -0.39 is 0 Å². The highest BCUT2D eigenvalue weighted by atomic mass is 19.1. The van der Waals surface area contributed by atoms with E-state index in [2.05, 4.69) is 33.0 Å². The van der Waals surface area contributed by atoms with Crippen LogP contribution in [0.25, 0.3) is 6.08 Å². The topological polar surface area (TPSA) is 29.1 Å². The van der Waals surface area contributed by atoms with Gasteiger partial charge in [0.05, 0.1) is 0 Å². The Balaban J connectivity index is 2.54. The molecule has 20 heavy (non-hydrogen) atoms. The zero-order valence-electron chi connectivity index (χ0n) is 12.7. The number of benzene rings is 1. The fourth-order valence-electron chi connectivity index (χ4n) is 2.29. The Morgan fingerprint density at radius 1 is 1.20 bits per heavy atom. The predicted molar refractivity (Wildman–Crippen MR) is 81.6 cm³/mol. The molecule has 0 aliphatic heterocycles. The first kappa shape index (κ1) is 16.4. The van der Waals surface area contributed by atoms with Crippen molar-refractivity contribution < 1.29 is 9.18 Å². The summed E-state index contributed by atoms with van der Waals surface area (Å²) < 4.78 is 13.4. The molecule has 1 aromatic carbocycles. The van der Waals surface area contributed by atoms with Crippen LogP contribution in [-0.2, 0) is 4.79 Å². The number of halogens is 1. The molecule has 3 heteroatoms. The molecule has 0 saturated heterocycles. The summed E-state index contributed by atoms with van der Waals surface area (Å²) in [6.45, 7) is 9.28. The lowest BCUT2D eigenvalue weighted by Crippen LogP contribution is -2.32. The molecule has 0 atom stereocenters. The highest BCUT2D eigenvalue weighted by Gasteiger charge is 2.17. The molecule has 0 aliphatic rings. The van der Waals surface area contributed by atoms with Gasteiger partial charge in [-0.15, -0.1) is 0 Å². The predicted octanol–water partition coefficient (Wildman–Crippen LogP) is 3.88. The molecule has 0 heterocycles. The molecule has 1 amide bonds. The molecule has 0 saturated carbocycles. The van der Waals surface area contributed by atoms with Gasteiger partial charge in [-0.05, 0) is 29.9 Å². The monoisotopic (exact) mass is 277 g/mol. The van der Waals surface area contributed by atoms with Gasteiger partial charge in [0.1, 0.15) is 5.82 Å². The van der Waals surface area contributed by atoms with E-state index in [1.54, 1.807) is 18.2 Å². The van der Waals surface area contributed by atoms with E-state index in [-0.39, 0.29) is 11.7 Å². The molecule has 0 aromatic heterocycles. The van der Waals surface area contributed by atoms with Gasteiger partial charge in [-0.25, -0.2) is 4.39 Å². The molecular formula is C17H24FNO. The van der Waals surface area contributed by atoms with E-state index in [4.69, 9.17) is 0 Å². The van der Waals surface area contributed by atoms with Crippen molar-refractivity contribution in [3.63, 3.8) is 0 Å². The second kappa shape index (κ2) is 7.83. The molecule has 1 aromatic rings. The van der Waals surface area contributed by atoms with Crippen molar-refractivity contribution >= 4 is 12.0 Å². The Hall–Kier alpha value is -1.64. The van der Waals surface area contributed by atoms with Crippen LogP contribution in [0.15, 0.2) is 30.3 Å². The molecule has 0 aliphatic carbocycles. The highest BCUT2D eigenvalue weighted by molar-refractivity contribution is 5.91. The van der Waals surface area contributed by atoms with Gasteiger partial charge >= 0.3 is 0 Å². The Labute approximate surface area is 121 Å². The SMILES string of the molecule is CC(C)C(CNC(=O)/C=C/c1ccccc1F)C(C)C. The summed E-state index contributed by atoms with van der Waals surface area (Å²) in [5.74, 6) is 0.982. The number of hydrogen-bond donors (Lipinski definition) is 1. The van der Waals surface area contributed by atoms with Crippen molar-refractivity contribution in [3.05, 3.63) is 41.7 Å². The number of carbonyl (C=O) groups is 1. The van der Waals surface area contributed by atoms with E-state index in [0.29, 0.717) is 29.9 Å². The van der Waals surface area contributed by atoms with Gasteiger partial charge in [0.15, 0.2) is 0 Å². The summed E-state index contributed by atoms with van der Waals surface area (Å²) in [5.41, 5.74) is 0.423. The molecule has 0 unspecified atom stereocenters. The Kier molecular flexibility index (Phi) is 6.43. The van der Waals surface area contributed by atoms with Crippen LogP contribution in [0.4, 0.5) is 4.39 Å². The maximum absolute atomic E-state index is 13.4. The Bertz CT molecular complexity index is 458. The van der Waals surface area contributed by atoms with Gasteiger partial charge < -0.3 is 5.32 Å². The van der Waals surface area contributed by atoms with Gasteiger partial charge in [-0.1, -0.05) is 45.9 Å². The summed E-state index contributed by atoms with van der Waals surface area (Å²) in [6.07, 6.45) is 2.89. The maximum Gasteiger partial charge on any atom is 0.244 e. The van der Waals surface area contributed by atoms with Crippen LogP contribution in [0.1, 0.15) is 33.3 Å². The van der Waals surface area contributed by atoms with Crippen LogP contribution in [0, 0.1) is 23.6 Å².